The Morgan fingerprint density at radius 3 is 2.36 bits per heavy atom. The molecule has 7 heteroatoms. The minimum absolute atomic E-state index is 0.275. The predicted octanol–water partition coefficient (Wildman–Crippen LogP) is 5.52. The molecule has 2 aliphatic rings. The average molecular weight is 463 g/mol. The molecule has 186 valence electrons. The molecule has 2 saturated heterocycles. The van der Waals surface area contributed by atoms with Gasteiger partial charge in [0.15, 0.2) is 12.1 Å². The van der Waals surface area contributed by atoms with Gasteiger partial charge in [-0.2, -0.15) is 0 Å². The van der Waals surface area contributed by atoms with Gasteiger partial charge in [-0.1, -0.05) is 69.6 Å². The molecule has 2 fully saturated rings. The first kappa shape index (κ1) is 25.9. The lowest BCUT2D eigenvalue weighted by molar-refractivity contribution is -0.217. The third-order valence-electron chi connectivity index (χ3n) is 6.17. The van der Waals surface area contributed by atoms with Crippen LogP contribution in [-0.2, 0) is 18.9 Å². The van der Waals surface area contributed by atoms with Gasteiger partial charge < -0.3 is 29.6 Å². The van der Waals surface area contributed by atoms with Crippen molar-refractivity contribution in [2.75, 3.05) is 18.5 Å². The number of hydrogen-bond acceptors (Lipinski definition) is 5. The molecule has 1 aromatic carbocycles. The Kier molecular flexibility index (Phi) is 9.98. The molecule has 4 atom stereocenters. The maximum atomic E-state index is 12.4. The highest BCUT2D eigenvalue weighted by molar-refractivity contribution is 5.89. The fourth-order valence-corrected chi connectivity index (χ4v) is 4.37. The number of carbonyl (C=O) groups is 1. The van der Waals surface area contributed by atoms with Crippen LogP contribution in [0.5, 0.6) is 0 Å². The monoisotopic (exact) mass is 462 g/mol. The van der Waals surface area contributed by atoms with Gasteiger partial charge in [-0.05, 0) is 39.3 Å². The van der Waals surface area contributed by atoms with Gasteiger partial charge >= 0.3 is 6.03 Å². The van der Waals surface area contributed by atoms with Crippen LogP contribution in [0.25, 0.3) is 0 Å². The summed E-state index contributed by atoms with van der Waals surface area (Å²) in [5, 5.41) is 5.74. The Morgan fingerprint density at radius 2 is 1.67 bits per heavy atom. The number of rotatable bonds is 13. The minimum Gasteiger partial charge on any atom is -0.373 e. The maximum Gasteiger partial charge on any atom is 0.319 e. The highest BCUT2D eigenvalue weighted by Gasteiger charge is 2.55. The third-order valence-corrected chi connectivity index (χ3v) is 6.17. The summed E-state index contributed by atoms with van der Waals surface area (Å²) >= 11 is 0. The zero-order valence-electron chi connectivity index (χ0n) is 20.7. The summed E-state index contributed by atoms with van der Waals surface area (Å²) in [5.74, 6) is -0.698. The molecule has 0 aromatic heterocycles. The fourth-order valence-electron chi connectivity index (χ4n) is 4.37. The number of carbonyl (C=O) groups excluding carboxylic acids is 1. The topological polar surface area (TPSA) is 78.1 Å². The highest BCUT2D eigenvalue weighted by atomic mass is 16.8. The maximum absolute atomic E-state index is 12.4. The van der Waals surface area contributed by atoms with Crippen LogP contribution in [0, 0.1) is 6.92 Å². The van der Waals surface area contributed by atoms with Crippen LogP contribution < -0.4 is 10.6 Å². The van der Waals surface area contributed by atoms with Gasteiger partial charge in [-0.3, -0.25) is 0 Å². The van der Waals surface area contributed by atoms with Crippen molar-refractivity contribution in [1.29, 1.82) is 0 Å². The van der Waals surface area contributed by atoms with E-state index in [0.717, 1.165) is 17.7 Å². The van der Waals surface area contributed by atoms with Gasteiger partial charge in [-0.25, -0.2) is 4.79 Å². The van der Waals surface area contributed by atoms with Crippen molar-refractivity contribution in [2.45, 2.75) is 109 Å². The van der Waals surface area contributed by atoms with Crippen LogP contribution >= 0.6 is 0 Å². The van der Waals surface area contributed by atoms with E-state index >= 15 is 0 Å². The van der Waals surface area contributed by atoms with Crippen LogP contribution in [0.4, 0.5) is 10.5 Å². The Bertz CT molecular complexity index is 724. The summed E-state index contributed by atoms with van der Waals surface area (Å²) in [7, 11) is 0. The molecule has 0 aliphatic carbocycles. The van der Waals surface area contributed by atoms with Crippen molar-refractivity contribution < 1.29 is 23.7 Å². The third kappa shape index (κ3) is 8.25. The minimum atomic E-state index is -0.698. The summed E-state index contributed by atoms with van der Waals surface area (Å²) in [6.45, 7) is 8.99. The van der Waals surface area contributed by atoms with Crippen LogP contribution in [0.3, 0.4) is 0 Å². The molecule has 0 unspecified atom stereocenters. The molecule has 0 radical (unpaired) electrons. The second kappa shape index (κ2) is 12.7. The first-order chi connectivity index (χ1) is 15.9. The molecular formula is C26H42N2O5. The molecular weight excluding hydrogens is 420 g/mol. The molecule has 0 bridgehead atoms. The Hall–Kier alpha value is -1.67. The summed E-state index contributed by atoms with van der Waals surface area (Å²) < 4.78 is 24.2. The summed E-state index contributed by atoms with van der Waals surface area (Å²) in [6.07, 6.45) is 8.64. The molecule has 2 heterocycles. The number of ether oxygens (including phenoxy) is 4. The standard InChI is InChI=1S/C26H42N2O5/c1-5-6-7-8-9-10-11-12-17-30-22-21(31-24-23(22)32-26(3,4)33-24)18-27-25(29)28-20-15-13-19(2)14-16-20/h13-16,21-24H,5-12,17-18H2,1-4H3,(H2,27,28,29)/t21-,22+,23+,24+/m0/s1. The zero-order valence-corrected chi connectivity index (χ0v) is 20.7. The van der Waals surface area contributed by atoms with E-state index in [2.05, 4.69) is 17.6 Å². The smallest absolute Gasteiger partial charge is 0.319 e. The van der Waals surface area contributed by atoms with Crippen LogP contribution in [-0.4, -0.2) is 49.6 Å². The number of urea groups is 1. The van der Waals surface area contributed by atoms with Gasteiger partial charge in [0, 0.05) is 18.8 Å². The van der Waals surface area contributed by atoms with Crippen molar-refractivity contribution in [3.8, 4) is 0 Å². The van der Waals surface area contributed by atoms with Crippen molar-refractivity contribution in [3.63, 3.8) is 0 Å². The SMILES string of the molecule is CCCCCCCCCCO[C@H]1[C@H]2OC(C)(C)O[C@H]2O[C@H]1CNC(=O)Nc1ccc(C)cc1. The van der Waals surface area contributed by atoms with E-state index in [1.807, 2.05) is 45.0 Å². The number of nitrogens with one attached hydrogen (secondary N) is 2. The van der Waals surface area contributed by atoms with Crippen molar-refractivity contribution >= 4 is 11.7 Å². The van der Waals surface area contributed by atoms with Crippen molar-refractivity contribution in [3.05, 3.63) is 29.8 Å². The molecule has 2 amide bonds. The number of anilines is 1. The molecule has 2 aliphatic heterocycles. The number of benzene rings is 1. The van der Waals surface area contributed by atoms with E-state index in [1.54, 1.807) is 0 Å². The molecule has 2 N–H and O–H groups in total. The highest BCUT2D eigenvalue weighted by Crippen LogP contribution is 2.38. The van der Waals surface area contributed by atoms with Gasteiger partial charge in [0.1, 0.15) is 18.3 Å². The molecule has 1 aromatic rings. The van der Waals surface area contributed by atoms with E-state index in [9.17, 15) is 4.79 Å². The van der Waals surface area contributed by atoms with E-state index in [1.165, 1.54) is 44.9 Å². The number of amides is 2. The Balaban J connectivity index is 1.42. The summed E-state index contributed by atoms with van der Waals surface area (Å²) in [6, 6.07) is 7.41. The molecule has 7 nitrogen and oxygen atoms in total. The lowest BCUT2D eigenvalue weighted by Crippen LogP contribution is -2.44. The summed E-state index contributed by atoms with van der Waals surface area (Å²) in [5.41, 5.74) is 1.89. The Morgan fingerprint density at radius 1 is 1.00 bits per heavy atom. The van der Waals surface area contributed by atoms with Gasteiger partial charge in [-0.15, -0.1) is 0 Å². The lowest BCUT2D eigenvalue weighted by atomic mass is 10.1. The predicted molar refractivity (Wildman–Crippen MR) is 129 cm³/mol. The number of aryl methyl sites for hydroxylation is 1. The summed E-state index contributed by atoms with van der Waals surface area (Å²) in [4.78, 5) is 12.4. The first-order valence-corrected chi connectivity index (χ1v) is 12.6. The van der Waals surface area contributed by atoms with Gasteiger partial charge in [0.25, 0.3) is 0 Å². The largest absolute Gasteiger partial charge is 0.373 e. The zero-order chi connectivity index (χ0) is 23.7. The van der Waals surface area contributed by atoms with Crippen LogP contribution in [0.1, 0.15) is 77.7 Å². The molecule has 3 rings (SSSR count). The van der Waals surface area contributed by atoms with Crippen molar-refractivity contribution in [2.24, 2.45) is 0 Å². The van der Waals surface area contributed by atoms with Crippen molar-refractivity contribution in [1.82, 2.24) is 5.32 Å². The molecule has 0 spiro atoms. The van der Waals surface area contributed by atoms with E-state index in [0.29, 0.717) is 13.2 Å². The molecule has 33 heavy (non-hydrogen) atoms. The quantitative estimate of drug-likeness (QED) is 0.378. The second-order valence-electron chi connectivity index (χ2n) is 9.65. The van der Waals surface area contributed by atoms with E-state index in [-0.39, 0.29) is 24.3 Å². The van der Waals surface area contributed by atoms with Gasteiger partial charge in [0.05, 0.1) is 0 Å². The van der Waals surface area contributed by atoms with E-state index < -0.39 is 12.1 Å². The Labute approximate surface area is 198 Å². The van der Waals surface area contributed by atoms with Gasteiger partial charge in [0.2, 0.25) is 0 Å². The van der Waals surface area contributed by atoms with Crippen LogP contribution in [0.15, 0.2) is 24.3 Å². The average Bonchev–Trinajstić information content (AvgIpc) is 3.24. The fraction of sp³-hybridized carbons (Fsp3) is 0.731. The molecule has 0 saturated carbocycles. The number of hydrogen-bond donors (Lipinski definition) is 2. The first-order valence-electron chi connectivity index (χ1n) is 12.6. The normalized spacial score (nSPS) is 25.7. The van der Waals surface area contributed by atoms with E-state index in [4.69, 9.17) is 18.9 Å². The number of fused-ring (bicyclic) bond motifs is 1. The number of unbranched alkanes of at least 4 members (excludes halogenated alkanes) is 7. The second-order valence-corrected chi connectivity index (χ2v) is 9.65. The lowest BCUT2D eigenvalue weighted by Gasteiger charge is -2.26. The van der Waals surface area contributed by atoms with Crippen LogP contribution in [0.2, 0.25) is 0 Å².